The molecular formula is C11H19N3S. The number of aryl methyl sites for hydroxylation is 1. The van der Waals surface area contributed by atoms with Crippen LogP contribution in [0.15, 0.2) is 5.38 Å². The fourth-order valence-corrected chi connectivity index (χ4v) is 2.84. The van der Waals surface area contributed by atoms with E-state index in [0.717, 1.165) is 29.8 Å². The minimum Gasteiger partial charge on any atom is -0.351 e. The second-order valence-corrected chi connectivity index (χ2v) is 5.20. The van der Waals surface area contributed by atoms with Gasteiger partial charge in [0.1, 0.15) is 0 Å². The lowest BCUT2D eigenvalue weighted by Crippen LogP contribution is -2.36. The molecule has 1 aliphatic heterocycles. The molecule has 0 bridgehead atoms. The van der Waals surface area contributed by atoms with Crippen LogP contribution in [0.2, 0.25) is 0 Å². The Morgan fingerprint density at radius 3 is 3.13 bits per heavy atom. The van der Waals surface area contributed by atoms with Crippen molar-refractivity contribution in [3.63, 3.8) is 0 Å². The van der Waals surface area contributed by atoms with Gasteiger partial charge in [-0.15, -0.1) is 11.3 Å². The summed E-state index contributed by atoms with van der Waals surface area (Å²) in [5, 5.41) is 6.72. The van der Waals surface area contributed by atoms with E-state index in [4.69, 9.17) is 0 Å². The Balaban J connectivity index is 1.88. The first kappa shape index (κ1) is 10.9. The molecule has 0 radical (unpaired) electrons. The number of anilines is 1. The van der Waals surface area contributed by atoms with E-state index in [2.05, 4.69) is 34.6 Å². The topological polar surface area (TPSA) is 28.2 Å². The molecule has 0 saturated carbocycles. The second-order valence-electron chi connectivity index (χ2n) is 4.36. The Bertz CT molecular complexity index is 305. The third-order valence-corrected chi connectivity index (χ3v) is 3.94. The molecule has 1 N–H and O–H groups in total. The molecule has 15 heavy (non-hydrogen) atoms. The first-order chi connectivity index (χ1) is 7.25. The lowest BCUT2D eigenvalue weighted by molar-refractivity contribution is 0.381. The summed E-state index contributed by atoms with van der Waals surface area (Å²) in [6, 6.07) is 0. The van der Waals surface area contributed by atoms with Crippen LogP contribution in [0.25, 0.3) is 0 Å². The molecule has 1 unspecified atom stereocenters. The highest BCUT2D eigenvalue weighted by Gasteiger charge is 2.16. The predicted molar refractivity (Wildman–Crippen MR) is 65.7 cm³/mol. The lowest BCUT2D eigenvalue weighted by Gasteiger charge is -2.27. The van der Waals surface area contributed by atoms with Gasteiger partial charge >= 0.3 is 0 Å². The van der Waals surface area contributed by atoms with E-state index in [0.29, 0.717) is 0 Å². The smallest absolute Gasteiger partial charge is 0.185 e. The van der Waals surface area contributed by atoms with Gasteiger partial charge in [-0.2, -0.15) is 0 Å². The van der Waals surface area contributed by atoms with Gasteiger partial charge in [0.15, 0.2) is 5.13 Å². The van der Waals surface area contributed by atoms with E-state index in [1.54, 1.807) is 11.3 Å². The third kappa shape index (κ3) is 2.92. The SMILES string of the molecule is Cc1csc(N(C)CC2CCCNC2)n1. The molecule has 3 nitrogen and oxygen atoms in total. The number of nitrogens with zero attached hydrogens (tertiary/aromatic N) is 2. The van der Waals surface area contributed by atoms with Gasteiger partial charge < -0.3 is 10.2 Å². The van der Waals surface area contributed by atoms with Gasteiger partial charge in [0.05, 0.1) is 5.69 Å². The summed E-state index contributed by atoms with van der Waals surface area (Å²) in [7, 11) is 2.15. The molecule has 2 heterocycles. The Morgan fingerprint density at radius 1 is 1.67 bits per heavy atom. The van der Waals surface area contributed by atoms with Crippen LogP contribution in [-0.2, 0) is 0 Å². The molecule has 0 spiro atoms. The van der Waals surface area contributed by atoms with Crippen molar-refractivity contribution in [3.8, 4) is 0 Å². The van der Waals surface area contributed by atoms with Gasteiger partial charge in [-0.25, -0.2) is 4.98 Å². The van der Waals surface area contributed by atoms with E-state index in [1.165, 1.54) is 19.4 Å². The summed E-state index contributed by atoms with van der Waals surface area (Å²) >= 11 is 1.74. The summed E-state index contributed by atoms with van der Waals surface area (Å²) in [5.74, 6) is 0.785. The number of hydrogen-bond acceptors (Lipinski definition) is 4. The second kappa shape index (κ2) is 4.94. The number of aromatic nitrogens is 1. The quantitative estimate of drug-likeness (QED) is 0.851. The molecule has 0 aromatic carbocycles. The molecule has 84 valence electrons. The summed E-state index contributed by atoms with van der Waals surface area (Å²) < 4.78 is 0. The Kier molecular flexibility index (Phi) is 3.59. The monoisotopic (exact) mass is 225 g/mol. The van der Waals surface area contributed by atoms with Crippen molar-refractivity contribution in [2.75, 3.05) is 31.6 Å². The predicted octanol–water partition coefficient (Wildman–Crippen LogP) is 1.89. The highest BCUT2D eigenvalue weighted by Crippen LogP contribution is 2.21. The minimum absolute atomic E-state index is 0.785. The van der Waals surface area contributed by atoms with Gasteiger partial charge in [0.25, 0.3) is 0 Å². The number of piperidine rings is 1. The number of hydrogen-bond donors (Lipinski definition) is 1. The van der Waals surface area contributed by atoms with Crippen molar-refractivity contribution >= 4 is 16.5 Å². The van der Waals surface area contributed by atoms with E-state index < -0.39 is 0 Å². The maximum Gasteiger partial charge on any atom is 0.185 e. The van der Waals surface area contributed by atoms with Crippen LogP contribution < -0.4 is 10.2 Å². The fraction of sp³-hybridized carbons (Fsp3) is 0.727. The average Bonchev–Trinajstić information content (AvgIpc) is 2.66. The zero-order valence-electron chi connectivity index (χ0n) is 9.49. The Hall–Kier alpha value is -0.610. The average molecular weight is 225 g/mol. The van der Waals surface area contributed by atoms with Crippen LogP contribution in [0, 0.1) is 12.8 Å². The standard InChI is InChI=1S/C11H19N3S/c1-9-8-15-11(13-9)14(2)7-10-4-3-5-12-6-10/h8,10,12H,3-7H2,1-2H3. The summed E-state index contributed by atoms with van der Waals surface area (Å²) in [4.78, 5) is 6.79. The Morgan fingerprint density at radius 2 is 2.53 bits per heavy atom. The molecule has 2 rings (SSSR count). The van der Waals surface area contributed by atoms with Crippen molar-refractivity contribution in [3.05, 3.63) is 11.1 Å². The molecule has 4 heteroatoms. The third-order valence-electron chi connectivity index (χ3n) is 2.86. The zero-order valence-corrected chi connectivity index (χ0v) is 10.3. The van der Waals surface area contributed by atoms with E-state index in [-0.39, 0.29) is 0 Å². The maximum absolute atomic E-state index is 4.50. The number of nitrogens with one attached hydrogen (secondary N) is 1. The lowest BCUT2D eigenvalue weighted by atomic mass is 9.99. The van der Waals surface area contributed by atoms with Crippen molar-refractivity contribution in [1.29, 1.82) is 0 Å². The van der Waals surface area contributed by atoms with Gasteiger partial charge in [-0.1, -0.05) is 0 Å². The summed E-state index contributed by atoms with van der Waals surface area (Å²) in [6.07, 6.45) is 2.66. The van der Waals surface area contributed by atoms with Crippen LogP contribution in [-0.4, -0.2) is 31.7 Å². The normalized spacial score (nSPS) is 21.6. The Labute approximate surface area is 95.5 Å². The number of rotatable bonds is 3. The van der Waals surface area contributed by atoms with Crippen molar-refractivity contribution < 1.29 is 0 Å². The molecule has 1 saturated heterocycles. The highest BCUT2D eigenvalue weighted by molar-refractivity contribution is 7.13. The van der Waals surface area contributed by atoms with Crippen LogP contribution in [0.4, 0.5) is 5.13 Å². The van der Waals surface area contributed by atoms with Crippen molar-refractivity contribution in [1.82, 2.24) is 10.3 Å². The van der Waals surface area contributed by atoms with E-state index >= 15 is 0 Å². The molecule has 0 aliphatic carbocycles. The van der Waals surface area contributed by atoms with Crippen LogP contribution in [0.3, 0.4) is 0 Å². The molecule has 1 aliphatic rings. The highest BCUT2D eigenvalue weighted by atomic mass is 32.1. The summed E-state index contributed by atoms with van der Waals surface area (Å²) in [6.45, 7) is 5.53. The first-order valence-corrected chi connectivity index (χ1v) is 6.47. The van der Waals surface area contributed by atoms with Crippen LogP contribution >= 0.6 is 11.3 Å². The largest absolute Gasteiger partial charge is 0.351 e. The first-order valence-electron chi connectivity index (χ1n) is 5.59. The van der Waals surface area contributed by atoms with E-state index in [9.17, 15) is 0 Å². The zero-order chi connectivity index (χ0) is 10.7. The van der Waals surface area contributed by atoms with Gasteiger partial charge in [-0.3, -0.25) is 0 Å². The molecule has 1 atom stereocenters. The molecule has 1 aromatic rings. The van der Waals surface area contributed by atoms with Gasteiger partial charge in [0.2, 0.25) is 0 Å². The number of thiazole rings is 1. The molecular weight excluding hydrogens is 206 g/mol. The van der Waals surface area contributed by atoms with Crippen molar-refractivity contribution in [2.45, 2.75) is 19.8 Å². The molecule has 1 aromatic heterocycles. The maximum atomic E-state index is 4.50. The van der Waals surface area contributed by atoms with Crippen molar-refractivity contribution in [2.24, 2.45) is 5.92 Å². The van der Waals surface area contributed by atoms with Gasteiger partial charge in [0, 0.05) is 19.0 Å². The summed E-state index contributed by atoms with van der Waals surface area (Å²) in [5.41, 5.74) is 1.13. The fourth-order valence-electron chi connectivity index (χ4n) is 2.06. The van der Waals surface area contributed by atoms with Crippen LogP contribution in [0.5, 0.6) is 0 Å². The van der Waals surface area contributed by atoms with Gasteiger partial charge in [-0.05, 0) is 38.8 Å². The van der Waals surface area contributed by atoms with E-state index in [1.807, 2.05) is 0 Å². The molecule has 0 amide bonds. The van der Waals surface area contributed by atoms with Crippen LogP contribution in [0.1, 0.15) is 18.5 Å². The minimum atomic E-state index is 0.785. The molecule has 1 fully saturated rings.